The van der Waals surface area contributed by atoms with Crippen molar-refractivity contribution in [2.24, 2.45) is 0 Å². The Bertz CT molecular complexity index is 324. The molecule has 0 bridgehead atoms. The summed E-state index contributed by atoms with van der Waals surface area (Å²) in [5.41, 5.74) is -0.738. The maximum atomic E-state index is 12.2. The molecule has 0 radical (unpaired) electrons. The van der Waals surface area contributed by atoms with E-state index < -0.39 is 5.60 Å². The molecular formula is C16H30N2O2. The Morgan fingerprint density at radius 1 is 1.20 bits per heavy atom. The summed E-state index contributed by atoms with van der Waals surface area (Å²) in [6.07, 6.45) is 9.67. The molecule has 2 saturated carbocycles. The molecule has 0 aromatic carbocycles. The Balaban J connectivity index is 1.79. The van der Waals surface area contributed by atoms with Crippen molar-refractivity contribution in [2.75, 3.05) is 14.1 Å². The number of hydrogen-bond donors (Lipinski definition) is 2. The molecule has 4 heteroatoms. The second-order valence-electron chi connectivity index (χ2n) is 7.01. The number of rotatable bonds is 4. The molecule has 2 aliphatic carbocycles. The summed E-state index contributed by atoms with van der Waals surface area (Å²) in [5.74, 6) is 0.0406. The molecule has 1 amide bonds. The number of nitrogens with zero attached hydrogens (tertiary/aromatic N) is 1. The second kappa shape index (κ2) is 6.90. The van der Waals surface area contributed by atoms with Crippen LogP contribution < -0.4 is 5.32 Å². The van der Waals surface area contributed by atoms with Gasteiger partial charge < -0.3 is 15.3 Å². The van der Waals surface area contributed by atoms with Gasteiger partial charge in [-0.3, -0.25) is 4.79 Å². The number of aliphatic hydroxyl groups is 1. The quantitative estimate of drug-likeness (QED) is 0.830. The third-order valence-electron chi connectivity index (χ3n) is 5.02. The van der Waals surface area contributed by atoms with Gasteiger partial charge in [0.1, 0.15) is 0 Å². The maximum absolute atomic E-state index is 12.2. The van der Waals surface area contributed by atoms with E-state index in [0.717, 1.165) is 38.5 Å². The lowest BCUT2D eigenvalue weighted by Crippen LogP contribution is -2.46. The van der Waals surface area contributed by atoms with E-state index in [4.69, 9.17) is 0 Å². The van der Waals surface area contributed by atoms with Crippen LogP contribution in [0.5, 0.6) is 0 Å². The van der Waals surface area contributed by atoms with Gasteiger partial charge >= 0.3 is 0 Å². The van der Waals surface area contributed by atoms with Gasteiger partial charge in [0.25, 0.3) is 0 Å². The van der Waals surface area contributed by atoms with Crippen molar-refractivity contribution in [3.8, 4) is 0 Å². The zero-order valence-electron chi connectivity index (χ0n) is 13.0. The molecule has 0 heterocycles. The first-order valence-electron chi connectivity index (χ1n) is 8.17. The summed E-state index contributed by atoms with van der Waals surface area (Å²) in [5, 5.41) is 13.6. The first-order valence-corrected chi connectivity index (χ1v) is 8.17. The summed E-state index contributed by atoms with van der Waals surface area (Å²) >= 11 is 0. The molecule has 2 fully saturated rings. The minimum absolute atomic E-state index is 0.0406. The van der Waals surface area contributed by atoms with Crippen LogP contribution >= 0.6 is 0 Å². The summed E-state index contributed by atoms with van der Waals surface area (Å²) in [4.78, 5) is 14.4. The Kier molecular flexibility index (Phi) is 5.44. The highest BCUT2D eigenvalue weighted by molar-refractivity contribution is 5.77. The molecule has 2 N–H and O–H groups in total. The molecule has 2 rings (SSSR count). The van der Waals surface area contributed by atoms with E-state index in [0.29, 0.717) is 6.04 Å². The van der Waals surface area contributed by atoms with Gasteiger partial charge in [-0.15, -0.1) is 0 Å². The molecule has 0 saturated heterocycles. The zero-order valence-corrected chi connectivity index (χ0v) is 13.0. The van der Waals surface area contributed by atoms with Gasteiger partial charge in [-0.05, 0) is 52.6 Å². The zero-order chi connectivity index (χ0) is 14.6. The number of amides is 1. The number of carbonyl (C=O) groups excluding carboxylic acids is 1. The fourth-order valence-corrected chi connectivity index (χ4v) is 3.73. The minimum Gasteiger partial charge on any atom is -0.389 e. The highest BCUT2D eigenvalue weighted by Crippen LogP contribution is 2.31. The van der Waals surface area contributed by atoms with Crippen LogP contribution in [0.4, 0.5) is 0 Å². The molecule has 116 valence electrons. The largest absolute Gasteiger partial charge is 0.389 e. The lowest BCUT2D eigenvalue weighted by molar-refractivity contribution is -0.128. The van der Waals surface area contributed by atoms with Crippen LogP contribution in [0.15, 0.2) is 0 Å². The van der Waals surface area contributed by atoms with E-state index >= 15 is 0 Å². The van der Waals surface area contributed by atoms with Crippen LogP contribution in [0.2, 0.25) is 0 Å². The van der Waals surface area contributed by atoms with Crippen molar-refractivity contribution in [1.82, 2.24) is 10.2 Å². The third-order valence-corrected chi connectivity index (χ3v) is 5.02. The highest BCUT2D eigenvalue weighted by Gasteiger charge is 2.33. The van der Waals surface area contributed by atoms with Crippen molar-refractivity contribution >= 4 is 5.91 Å². The molecule has 0 aromatic heterocycles. The average Bonchev–Trinajstić information content (AvgIpc) is 2.39. The molecular weight excluding hydrogens is 252 g/mol. The molecule has 20 heavy (non-hydrogen) atoms. The SMILES string of the molecule is CN(C)C1CCCC(NC(=O)CC2(O)CCCCC2)C1. The second-order valence-corrected chi connectivity index (χ2v) is 7.01. The van der Waals surface area contributed by atoms with Crippen LogP contribution in [-0.4, -0.2) is 47.7 Å². The Labute approximate surface area is 122 Å². The van der Waals surface area contributed by atoms with Gasteiger partial charge in [0.05, 0.1) is 12.0 Å². The molecule has 2 aliphatic rings. The van der Waals surface area contributed by atoms with Gasteiger partial charge in [-0.2, -0.15) is 0 Å². The van der Waals surface area contributed by atoms with Crippen LogP contribution in [0.1, 0.15) is 64.2 Å². The third kappa shape index (κ3) is 4.45. The van der Waals surface area contributed by atoms with E-state index in [9.17, 15) is 9.90 Å². The fraction of sp³-hybridized carbons (Fsp3) is 0.938. The maximum Gasteiger partial charge on any atom is 0.223 e. The monoisotopic (exact) mass is 282 g/mol. The van der Waals surface area contributed by atoms with E-state index in [1.807, 2.05) is 0 Å². The summed E-state index contributed by atoms with van der Waals surface area (Å²) in [7, 11) is 4.22. The van der Waals surface area contributed by atoms with Gasteiger partial charge in [0.2, 0.25) is 5.91 Å². The van der Waals surface area contributed by atoms with E-state index in [-0.39, 0.29) is 18.4 Å². The van der Waals surface area contributed by atoms with Crippen molar-refractivity contribution < 1.29 is 9.90 Å². The fourth-order valence-electron chi connectivity index (χ4n) is 3.73. The Hall–Kier alpha value is -0.610. The lowest BCUT2D eigenvalue weighted by atomic mass is 9.82. The lowest BCUT2D eigenvalue weighted by Gasteiger charge is -2.35. The van der Waals surface area contributed by atoms with E-state index in [1.165, 1.54) is 19.3 Å². The normalized spacial score (nSPS) is 30.2. The highest BCUT2D eigenvalue weighted by atomic mass is 16.3. The van der Waals surface area contributed by atoms with Crippen LogP contribution in [0, 0.1) is 0 Å². The van der Waals surface area contributed by atoms with Gasteiger partial charge in [0.15, 0.2) is 0 Å². The van der Waals surface area contributed by atoms with E-state index in [2.05, 4.69) is 24.3 Å². The van der Waals surface area contributed by atoms with Crippen molar-refractivity contribution in [3.63, 3.8) is 0 Å². The van der Waals surface area contributed by atoms with Gasteiger partial charge in [-0.1, -0.05) is 19.3 Å². The van der Waals surface area contributed by atoms with Gasteiger partial charge in [-0.25, -0.2) is 0 Å². The van der Waals surface area contributed by atoms with Gasteiger partial charge in [0, 0.05) is 12.1 Å². The number of carbonyl (C=O) groups is 1. The predicted octanol–water partition coefficient (Wildman–Crippen LogP) is 2.06. The number of nitrogens with one attached hydrogen (secondary N) is 1. The first kappa shape index (κ1) is 15.8. The molecule has 0 spiro atoms. The topological polar surface area (TPSA) is 52.6 Å². The van der Waals surface area contributed by atoms with E-state index in [1.54, 1.807) is 0 Å². The average molecular weight is 282 g/mol. The number of hydrogen-bond acceptors (Lipinski definition) is 3. The molecule has 4 nitrogen and oxygen atoms in total. The van der Waals surface area contributed by atoms with Crippen LogP contribution in [0.25, 0.3) is 0 Å². The Morgan fingerprint density at radius 3 is 2.55 bits per heavy atom. The summed E-state index contributed by atoms with van der Waals surface area (Å²) in [6.45, 7) is 0. The van der Waals surface area contributed by atoms with Crippen molar-refractivity contribution in [1.29, 1.82) is 0 Å². The summed E-state index contributed by atoms with van der Waals surface area (Å²) < 4.78 is 0. The molecule has 2 atom stereocenters. The molecule has 0 aliphatic heterocycles. The summed E-state index contributed by atoms with van der Waals surface area (Å²) in [6, 6.07) is 0.864. The van der Waals surface area contributed by atoms with Crippen molar-refractivity contribution in [2.45, 2.75) is 81.9 Å². The smallest absolute Gasteiger partial charge is 0.223 e. The molecule has 0 aromatic rings. The van der Waals surface area contributed by atoms with Crippen LogP contribution in [0.3, 0.4) is 0 Å². The predicted molar refractivity (Wildman–Crippen MR) is 80.5 cm³/mol. The Morgan fingerprint density at radius 2 is 1.90 bits per heavy atom. The molecule has 2 unspecified atom stereocenters. The van der Waals surface area contributed by atoms with Crippen LogP contribution in [-0.2, 0) is 4.79 Å². The minimum atomic E-state index is -0.738. The first-order chi connectivity index (χ1) is 9.48. The standard InChI is InChI=1S/C16H30N2O2/c1-18(2)14-8-6-7-13(11-14)17-15(19)12-16(20)9-4-3-5-10-16/h13-14,20H,3-12H2,1-2H3,(H,17,19). The van der Waals surface area contributed by atoms with Crippen molar-refractivity contribution in [3.05, 3.63) is 0 Å².